The standard InChI is InChI=1S/C45H28N4S/c1-2-14-29(15-3-1)43-46-44(31-17-12-16-30(28-31)32-22-13-23-36-35-20-7-11-27-41(35)50-42(32)36)48-45(47-43)37-21-6-10-26-40(37)49-38-24-8-4-18-33(38)34-19-5-9-25-39(34)49/h1-28H/i1D,2D,3D,14D,15D. The van der Waals surface area contributed by atoms with E-state index in [0.29, 0.717) is 22.8 Å². The molecule has 7 aromatic carbocycles. The third-order valence-electron chi connectivity index (χ3n) is 9.16. The van der Waals surface area contributed by atoms with Crippen molar-refractivity contribution in [3.8, 4) is 51.0 Å². The van der Waals surface area contributed by atoms with Crippen molar-refractivity contribution in [3.05, 3.63) is 170 Å². The van der Waals surface area contributed by atoms with Crippen molar-refractivity contribution in [2.45, 2.75) is 0 Å². The Hall–Kier alpha value is -6.43. The molecule has 10 aromatic rings. The number of rotatable bonds is 5. The van der Waals surface area contributed by atoms with Crippen LogP contribution in [0.5, 0.6) is 0 Å². The van der Waals surface area contributed by atoms with Crippen LogP contribution in [0.4, 0.5) is 0 Å². The monoisotopic (exact) mass is 661 g/mol. The lowest BCUT2D eigenvalue weighted by atomic mass is 10.0. The second-order valence-corrected chi connectivity index (χ2v) is 13.1. The zero-order valence-electron chi connectivity index (χ0n) is 31.5. The minimum atomic E-state index is -0.479. The van der Waals surface area contributed by atoms with Crippen molar-refractivity contribution in [2.75, 3.05) is 0 Å². The molecule has 0 unspecified atom stereocenters. The highest BCUT2D eigenvalue weighted by molar-refractivity contribution is 7.26. The van der Waals surface area contributed by atoms with E-state index in [0.717, 1.165) is 38.6 Å². The molecule has 0 spiro atoms. The fourth-order valence-electron chi connectivity index (χ4n) is 6.94. The summed E-state index contributed by atoms with van der Waals surface area (Å²) in [5, 5.41) is 4.62. The Morgan fingerprint density at radius 3 is 1.84 bits per heavy atom. The maximum Gasteiger partial charge on any atom is 0.166 e. The number of benzene rings is 7. The van der Waals surface area contributed by atoms with Crippen molar-refractivity contribution in [2.24, 2.45) is 0 Å². The predicted molar refractivity (Wildman–Crippen MR) is 209 cm³/mol. The quantitative estimate of drug-likeness (QED) is 0.184. The van der Waals surface area contributed by atoms with Gasteiger partial charge in [0.15, 0.2) is 17.5 Å². The van der Waals surface area contributed by atoms with Crippen LogP contribution in [0.2, 0.25) is 0 Å². The van der Waals surface area contributed by atoms with Gasteiger partial charge in [0.2, 0.25) is 0 Å². The van der Waals surface area contributed by atoms with E-state index >= 15 is 0 Å². The lowest BCUT2D eigenvalue weighted by molar-refractivity contribution is 1.06. The van der Waals surface area contributed by atoms with Crippen LogP contribution < -0.4 is 0 Å². The zero-order chi connectivity index (χ0) is 37.4. The summed E-state index contributed by atoms with van der Waals surface area (Å²) >= 11 is 1.76. The van der Waals surface area contributed by atoms with Gasteiger partial charge in [-0.05, 0) is 47.5 Å². The number of hydrogen-bond acceptors (Lipinski definition) is 4. The minimum Gasteiger partial charge on any atom is -0.309 e. The first-order valence-electron chi connectivity index (χ1n) is 18.8. The average molecular weight is 662 g/mol. The molecule has 0 saturated carbocycles. The molecule has 0 aliphatic rings. The molecule has 0 radical (unpaired) electrons. The minimum absolute atomic E-state index is 0.00830. The number of para-hydroxylation sites is 3. The molecule has 4 nitrogen and oxygen atoms in total. The van der Waals surface area contributed by atoms with Gasteiger partial charge in [-0.1, -0.05) is 133 Å². The normalized spacial score (nSPS) is 13.0. The van der Waals surface area contributed by atoms with E-state index in [1.807, 2.05) is 66.7 Å². The van der Waals surface area contributed by atoms with Gasteiger partial charge in [-0.25, -0.2) is 15.0 Å². The first-order valence-corrected chi connectivity index (χ1v) is 17.1. The van der Waals surface area contributed by atoms with Gasteiger partial charge >= 0.3 is 0 Å². The number of nitrogens with zero attached hydrogens (tertiary/aromatic N) is 4. The Morgan fingerprint density at radius 1 is 0.460 bits per heavy atom. The fraction of sp³-hybridized carbons (Fsp3) is 0. The molecule has 234 valence electrons. The molecule has 0 N–H and O–H groups in total. The molecule has 50 heavy (non-hydrogen) atoms. The Labute approximate surface area is 299 Å². The summed E-state index contributed by atoms with van der Waals surface area (Å²) in [6.45, 7) is 0. The van der Waals surface area contributed by atoms with Gasteiger partial charge in [0.1, 0.15) is 0 Å². The third-order valence-corrected chi connectivity index (χ3v) is 10.4. The van der Waals surface area contributed by atoms with E-state index in [-0.39, 0.29) is 23.5 Å². The highest BCUT2D eigenvalue weighted by Crippen LogP contribution is 2.41. The van der Waals surface area contributed by atoms with E-state index in [1.165, 1.54) is 20.2 Å². The van der Waals surface area contributed by atoms with Crippen LogP contribution in [0, 0.1) is 0 Å². The number of thiophene rings is 1. The summed E-state index contributed by atoms with van der Waals surface area (Å²) in [6.07, 6.45) is 0. The van der Waals surface area contributed by atoms with Crippen LogP contribution in [0.15, 0.2) is 170 Å². The first-order chi connectivity index (χ1) is 26.9. The van der Waals surface area contributed by atoms with Crippen molar-refractivity contribution in [1.82, 2.24) is 19.5 Å². The van der Waals surface area contributed by atoms with Crippen molar-refractivity contribution in [3.63, 3.8) is 0 Å². The molecule has 0 saturated heterocycles. The Bertz CT molecular complexity index is 3110. The van der Waals surface area contributed by atoms with Gasteiger partial charge in [0.25, 0.3) is 0 Å². The van der Waals surface area contributed by atoms with E-state index in [9.17, 15) is 0 Å². The maximum absolute atomic E-state index is 8.85. The summed E-state index contributed by atoms with van der Waals surface area (Å²) in [5.74, 6) is 0.613. The zero-order valence-corrected chi connectivity index (χ0v) is 27.3. The van der Waals surface area contributed by atoms with Crippen LogP contribution >= 0.6 is 11.3 Å². The Morgan fingerprint density at radius 2 is 1.04 bits per heavy atom. The van der Waals surface area contributed by atoms with E-state index in [4.69, 9.17) is 21.8 Å². The fourth-order valence-corrected chi connectivity index (χ4v) is 8.18. The summed E-state index contributed by atoms with van der Waals surface area (Å²) in [6, 6.07) is 45.0. The third kappa shape index (κ3) is 4.63. The largest absolute Gasteiger partial charge is 0.309 e. The SMILES string of the molecule is [2H]c1c([2H])c([2H])c(-c2nc(-c3cccc(-c4cccc5c4sc4ccccc45)c3)nc(-c3ccccc3-n3c4ccccc4c4ccccc43)n2)c([2H])c1[2H]. The molecule has 3 aromatic heterocycles. The highest BCUT2D eigenvalue weighted by atomic mass is 32.1. The lowest BCUT2D eigenvalue weighted by Gasteiger charge is -2.14. The molecular weight excluding hydrogens is 629 g/mol. The molecular formula is C45H28N4S. The number of aromatic nitrogens is 4. The van der Waals surface area contributed by atoms with Gasteiger partial charge in [-0.2, -0.15) is 0 Å². The van der Waals surface area contributed by atoms with Gasteiger partial charge in [-0.15, -0.1) is 11.3 Å². The Balaban J connectivity index is 1.22. The topological polar surface area (TPSA) is 43.6 Å². The summed E-state index contributed by atoms with van der Waals surface area (Å²) in [5.41, 5.74) is 6.22. The maximum atomic E-state index is 8.85. The summed E-state index contributed by atoms with van der Waals surface area (Å²) in [7, 11) is 0. The summed E-state index contributed by atoms with van der Waals surface area (Å²) < 4.78 is 47.4. The Kier molecular flexibility index (Phi) is 5.54. The highest BCUT2D eigenvalue weighted by Gasteiger charge is 2.19. The van der Waals surface area contributed by atoms with Crippen LogP contribution in [-0.2, 0) is 0 Å². The molecule has 0 fully saturated rings. The van der Waals surface area contributed by atoms with Gasteiger partial charge < -0.3 is 4.57 Å². The number of hydrogen-bond donors (Lipinski definition) is 0. The number of fused-ring (bicyclic) bond motifs is 6. The molecule has 10 rings (SSSR count). The van der Waals surface area contributed by atoms with Gasteiger partial charge in [-0.3, -0.25) is 0 Å². The molecule has 5 heteroatoms. The predicted octanol–water partition coefficient (Wildman–Crippen LogP) is 12.0. The van der Waals surface area contributed by atoms with Gasteiger partial charge in [0.05, 0.1) is 23.6 Å². The second-order valence-electron chi connectivity index (χ2n) is 12.1. The van der Waals surface area contributed by atoms with Crippen LogP contribution in [0.25, 0.3) is 93.0 Å². The second kappa shape index (κ2) is 11.6. The average Bonchev–Trinajstić information content (AvgIpc) is 3.78. The smallest absolute Gasteiger partial charge is 0.166 e. The van der Waals surface area contributed by atoms with Crippen molar-refractivity contribution >= 4 is 53.3 Å². The molecule has 0 atom stereocenters. The summed E-state index contributed by atoms with van der Waals surface area (Å²) in [4.78, 5) is 14.9. The van der Waals surface area contributed by atoms with Crippen LogP contribution in [0.1, 0.15) is 6.85 Å². The van der Waals surface area contributed by atoms with E-state index < -0.39 is 18.1 Å². The van der Waals surface area contributed by atoms with Crippen molar-refractivity contribution in [1.29, 1.82) is 0 Å². The van der Waals surface area contributed by atoms with E-state index in [2.05, 4.69) is 77.4 Å². The van der Waals surface area contributed by atoms with Crippen molar-refractivity contribution < 1.29 is 6.85 Å². The first kappa shape index (κ1) is 23.8. The lowest BCUT2D eigenvalue weighted by Crippen LogP contribution is -2.03. The van der Waals surface area contributed by atoms with E-state index in [1.54, 1.807) is 11.3 Å². The van der Waals surface area contributed by atoms with Crippen LogP contribution in [-0.4, -0.2) is 19.5 Å². The molecule has 0 aliphatic carbocycles. The molecule has 3 heterocycles. The molecule has 0 aliphatic heterocycles. The van der Waals surface area contributed by atoms with Gasteiger partial charge in [0, 0.05) is 47.6 Å². The van der Waals surface area contributed by atoms with Crippen LogP contribution in [0.3, 0.4) is 0 Å². The molecule has 0 amide bonds. The molecule has 0 bridgehead atoms.